The predicted molar refractivity (Wildman–Crippen MR) is 95.2 cm³/mol. The Kier molecular flexibility index (Phi) is 5.82. The van der Waals surface area contributed by atoms with Gasteiger partial charge in [-0.15, -0.1) is 0 Å². The lowest BCUT2D eigenvalue weighted by atomic mass is 10.1. The number of benzene rings is 2. The summed E-state index contributed by atoms with van der Waals surface area (Å²) in [5.74, 6) is -3.29. The first-order valence-corrected chi connectivity index (χ1v) is 9.58. The first-order chi connectivity index (χ1) is 11.9. The van der Waals surface area contributed by atoms with Crippen LogP contribution in [-0.4, -0.2) is 34.1 Å². The van der Waals surface area contributed by atoms with Crippen molar-refractivity contribution in [3.8, 4) is 11.5 Å². The van der Waals surface area contributed by atoms with Crippen LogP contribution in [-0.2, 0) is 19.7 Å². The van der Waals surface area contributed by atoms with E-state index in [-0.39, 0.29) is 16.5 Å². The second-order valence-electron chi connectivity index (χ2n) is 5.03. The molecular formula is C15H11F2IO7S. The number of carbonyl (C=O) groups excluding carboxylic acids is 2. The normalized spacial score (nSPS) is 13.3. The lowest BCUT2D eigenvalue weighted by Gasteiger charge is -2.15. The van der Waals surface area contributed by atoms with Crippen molar-refractivity contribution in [2.45, 2.75) is 16.1 Å². The van der Waals surface area contributed by atoms with Gasteiger partial charge in [-0.3, -0.25) is 9.35 Å². The summed E-state index contributed by atoms with van der Waals surface area (Å²) >= 11 is 1.85. The van der Waals surface area contributed by atoms with Crippen LogP contribution in [0.2, 0.25) is 0 Å². The number of alkyl halides is 3. The number of fused-ring (bicyclic) bond motifs is 1. The Labute approximate surface area is 160 Å². The molecule has 1 unspecified atom stereocenters. The van der Waals surface area contributed by atoms with E-state index in [1.165, 1.54) is 24.3 Å². The van der Waals surface area contributed by atoms with Crippen molar-refractivity contribution in [3.05, 3.63) is 36.4 Å². The maximum absolute atomic E-state index is 13.4. The van der Waals surface area contributed by atoms with E-state index >= 15 is 0 Å². The van der Waals surface area contributed by atoms with Gasteiger partial charge in [0, 0.05) is 10.8 Å². The van der Waals surface area contributed by atoms with Gasteiger partial charge in [0.1, 0.15) is 15.4 Å². The Hall–Kier alpha value is -1.86. The zero-order valence-electron chi connectivity index (χ0n) is 13.0. The third-order valence-electron chi connectivity index (χ3n) is 3.14. The molecule has 0 bridgehead atoms. The lowest BCUT2D eigenvalue weighted by Crippen LogP contribution is -2.40. The van der Waals surface area contributed by atoms with Gasteiger partial charge in [0.05, 0.1) is 0 Å². The number of rotatable bonds is 5. The molecule has 1 atom stereocenters. The van der Waals surface area contributed by atoms with E-state index in [1.54, 1.807) is 13.0 Å². The minimum absolute atomic E-state index is 0.107. The van der Waals surface area contributed by atoms with Gasteiger partial charge in [-0.05, 0) is 19.1 Å². The molecule has 0 aliphatic heterocycles. The molecule has 2 aromatic carbocycles. The first kappa shape index (κ1) is 20.5. The number of hydrogen-bond acceptors (Lipinski definition) is 6. The fraction of sp³-hybridized carbons (Fsp3) is 0.200. The SMILES string of the molecule is CC(I)C(=O)Oc1ccc(OC(=O)C(F)(F)S(=O)(=O)O)c2ccccc12. The number of carbonyl (C=O) groups is 2. The molecule has 26 heavy (non-hydrogen) atoms. The Morgan fingerprint density at radius 1 is 1.08 bits per heavy atom. The number of ether oxygens (including phenoxy) is 2. The first-order valence-electron chi connectivity index (χ1n) is 6.90. The number of esters is 2. The van der Waals surface area contributed by atoms with Crippen molar-refractivity contribution in [3.63, 3.8) is 0 Å². The number of hydrogen-bond donors (Lipinski definition) is 1. The molecule has 11 heteroatoms. The van der Waals surface area contributed by atoms with Gasteiger partial charge in [0.2, 0.25) is 0 Å². The molecule has 0 radical (unpaired) electrons. The highest BCUT2D eigenvalue weighted by Crippen LogP contribution is 2.35. The van der Waals surface area contributed by atoms with E-state index in [4.69, 9.17) is 9.29 Å². The van der Waals surface area contributed by atoms with E-state index in [0.717, 1.165) is 6.07 Å². The highest BCUT2D eigenvalue weighted by atomic mass is 127. The Bertz CT molecular complexity index is 973. The second-order valence-corrected chi connectivity index (χ2v) is 8.36. The maximum Gasteiger partial charge on any atom is 0.466 e. The second kappa shape index (κ2) is 7.40. The third kappa shape index (κ3) is 4.10. The van der Waals surface area contributed by atoms with Crippen LogP contribution in [0, 0.1) is 0 Å². The molecule has 0 saturated heterocycles. The van der Waals surface area contributed by atoms with Crippen LogP contribution in [0.1, 0.15) is 6.92 Å². The fourth-order valence-corrected chi connectivity index (χ4v) is 2.26. The van der Waals surface area contributed by atoms with E-state index < -0.39 is 37.0 Å². The van der Waals surface area contributed by atoms with E-state index in [0.29, 0.717) is 0 Å². The summed E-state index contributed by atoms with van der Waals surface area (Å²) in [5.41, 5.74) is 0. The van der Waals surface area contributed by atoms with Crippen molar-refractivity contribution in [2.24, 2.45) is 0 Å². The van der Waals surface area contributed by atoms with Crippen LogP contribution in [0.25, 0.3) is 10.8 Å². The molecule has 0 aromatic heterocycles. The minimum Gasteiger partial charge on any atom is -0.425 e. The third-order valence-corrected chi connectivity index (χ3v) is 4.47. The van der Waals surface area contributed by atoms with Crippen molar-refractivity contribution in [1.82, 2.24) is 0 Å². The van der Waals surface area contributed by atoms with Crippen molar-refractivity contribution in [1.29, 1.82) is 0 Å². The zero-order valence-corrected chi connectivity index (χ0v) is 16.0. The van der Waals surface area contributed by atoms with Crippen LogP contribution in [0.15, 0.2) is 36.4 Å². The smallest absolute Gasteiger partial charge is 0.425 e. The minimum atomic E-state index is -5.99. The lowest BCUT2D eigenvalue weighted by molar-refractivity contribution is -0.151. The fourth-order valence-electron chi connectivity index (χ4n) is 1.88. The molecule has 1 N–H and O–H groups in total. The van der Waals surface area contributed by atoms with Gasteiger partial charge >= 0.3 is 27.3 Å². The molecule has 0 heterocycles. The van der Waals surface area contributed by atoms with Crippen molar-refractivity contribution in [2.75, 3.05) is 0 Å². The Morgan fingerprint density at radius 2 is 1.54 bits per heavy atom. The van der Waals surface area contributed by atoms with Crippen LogP contribution in [0.3, 0.4) is 0 Å². The zero-order chi connectivity index (χ0) is 19.7. The molecule has 0 amide bonds. The van der Waals surface area contributed by atoms with Gasteiger partial charge in [-0.1, -0.05) is 46.9 Å². The molecule has 2 aromatic rings. The summed E-state index contributed by atoms with van der Waals surface area (Å²) in [5, 5.41) is -4.73. The van der Waals surface area contributed by atoms with Crippen LogP contribution in [0.4, 0.5) is 8.78 Å². The largest absolute Gasteiger partial charge is 0.466 e. The Balaban J connectivity index is 2.45. The molecular weight excluding hydrogens is 489 g/mol. The quantitative estimate of drug-likeness (QED) is 0.221. The molecule has 2 rings (SSSR count). The van der Waals surface area contributed by atoms with E-state index in [1.807, 2.05) is 22.6 Å². The molecule has 0 spiro atoms. The average Bonchev–Trinajstić information content (AvgIpc) is 2.55. The summed E-state index contributed by atoms with van der Waals surface area (Å²) in [4.78, 5) is 23.2. The molecule has 0 fully saturated rings. The van der Waals surface area contributed by atoms with Crippen LogP contribution < -0.4 is 9.47 Å². The van der Waals surface area contributed by atoms with Gasteiger partial charge in [-0.25, -0.2) is 4.79 Å². The van der Waals surface area contributed by atoms with Gasteiger partial charge < -0.3 is 9.47 Å². The van der Waals surface area contributed by atoms with Gasteiger partial charge in [0.15, 0.2) is 0 Å². The van der Waals surface area contributed by atoms with Gasteiger partial charge in [-0.2, -0.15) is 17.2 Å². The average molecular weight is 500 g/mol. The Morgan fingerprint density at radius 3 is 1.96 bits per heavy atom. The summed E-state index contributed by atoms with van der Waals surface area (Å²) < 4.78 is 65.7. The number of halogens is 3. The molecule has 0 saturated carbocycles. The molecule has 0 aliphatic carbocycles. The van der Waals surface area contributed by atoms with Crippen molar-refractivity contribution >= 4 is 55.4 Å². The summed E-state index contributed by atoms with van der Waals surface area (Å²) in [6, 6.07) is 8.26. The maximum atomic E-state index is 13.4. The van der Waals surface area contributed by atoms with E-state index in [9.17, 15) is 26.8 Å². The molecule has 7 nitrogen and oxygen atoms in total. The predicted octanol–water partition coefficient (Wildman–Crippen LogP) is 2.95. The highest BCUT2D eigenvalue weighted by molar-refractivity contribution is 14.1. The summed E-state index contributed by atoms with van der Waals surface area (Å²) in [6.45, 7) is 1.61. The summed E-state index contributed by atoms with van der Waals surface area (Å²) in [7, 11) is -5.99. The highest BCUT2D eigenvalue weighted by Gasteiger charge is 2.54. The monoisotopic (exact) mass is 500 g/mol. The van der Waals surface area contributed by atoms with Crippen LogP contribution in [0.5, 0.6) is 11.5 Å². The van der Waals surface area contributed by atoms with Crippen molar-refractivity contribution < 1.29 is 40.8 Å². The molecule has 0 aliphatic rings. The molecule has 140 valence electrons. The van der Waals surface area contributed by atoms with Crippen LogP contribution >= 0.6 is 22.6 Å². The van der Waals surface area contributed by atoms with E-state index in [2.05, 4.69) is 4.74 Å². The standard InChI is InChI=1S/C15H11F2IO7S/c1-8(18)13(19)24-11-6-7-12(10-5-3-2-4-9(10)11)25-14(20)15(16,17)26(21,22)23/h2-8H,1H3,(H,21,22,23). The topological polar surface area (TPSA) is 107 Å². The van der Waals surface area contributed by atoms with Gasteiger partial charge in [0.25, 0.3) is 0 Å². The summed E-state index contributed by atoms with van der Waals surface area (Å²) in [6.07, 6.45) is 0.